The minimum Gasteiger partial charge on any atom is -0.495 e. The number of para-hydroxylation sites is 2. The van der Waals surface area contributed by atoms with Gasteiger partial charge in [-0.05, 0) is 37.4 Å². The summed E-state index contributed by atoms with van der Waals surface area (Å²) in [5.41, 5.74) is 6.40. The van der Waals surface area contributed by atoms with Gasteiger partial charge in [0.25, 0.3) is 0 Å². The maximum Gasteiger partial charge on any atom is 0.226 e. The lowest BCUT2D eigenvalue weighted by Crippen LogP contribution is -2.27. The second-order valence-electron chi connectivity index (χ2n) is 5.01. The van der Waals surface area contributed by atoms with Gasteiger partial charge in [-0.15, -0.1) is 0 Å². The van der Waals surface area contributed by atoms with Crippen molar-refractivity contribution in [3.63, 3.8) is 0 Å². The van der Waals surface area contributed by atoms with Crippen molar-refractivity contribution in [3.8, 4) is 5.75 Å². The first-order chi connectivity index (χ1) is 9.63. The van der Waals surface area contributed by atoms with Gasteiger partial charge in [0.05, 0.1) is 12.8 Å². The molecule has 0 heterocycles. The van der Waals surface area contributed by atoms with E-state index < -0.39 is 0 Å². The van der Waals surface area contributed by atoms with Crippen LogP contribution in [0.2, 0.25) is 0 Å². The Hall–Kier alpha value is -1.55. The molecule has 1 atom stereocenters. The monoisotopic (exact) mass is 278 g/mol. The van der Waals surface area contributed by atoms with Crippen LogP contribution in [0.5, 0.6) is 5.75 Å². The number of methoxy groups -OCH3 is 1. The molecule has 0 aliphatic rings. The summed E-state index contributed by atoms with van der Waals surface area (Å²) in [6, 6.07) is 7.57. The molecule has 0 saturated carbocycles. The normalized spacial score (nSPS) is 12.0. The second kappa shape index (κ2) is 8.59. The lowest BCUT2D eigenvalue weighted by molar-refractivity contribution is -0.118. The number of carbonyl (C=O) groups is 1. The van der Waals surface area contributed by atoms with Gasteiger partial charge >= 0.3 is 0 Å². The molecule has 2 N–H and O–H groups in total. The molecule has 1 amide bonds. The van der Waals surface area contributed by atoms with Crippen molar-refractivity contribution in [3.05, 3.63) is 24.3 Å². The lowest BCUT2D eigenvalue weighted by Gasteiger charge is -2.21. The van der Waals surface area contributed by atoms with E-state index in [-0.39, 0.29) is 5.91 Å². The molecule has 0 radical (unpaired) electrons. The van der Waals surface area contributed by atoms with Gasteiger partial charge in [0.2, 0.25) is 5.91 Å². The van der Waals surface area contributed by atoms with E-state index in [1.54, 1.807) is 19.1 Å². The minimum absolute atomic E-state index is 0.116. The van der Waals surface area contributed by atoms with Crippen molar-refractivity contribution in [1.82, 2.24) is 0 Å². The van der Waals surface area contributed by atoms with Gasteiger partial charge in [0, 0.05) is 13.5 Å². The molecule has 0 spiro atoms. The number of carbonyl (C=O) groups excluding carboxylic acids is 1. The second-order valence-corrected chi connectivity index (χ2v) is 5.01. The summed E-state index contributed by atoms with van der Waals surface area (Å²) in [6.07, 6.45) is 3.50. The third-order valence-corrected chi connectivity index (χ3v) is 3.74. The molecule has 1 aromatic carbocycles. The first-order valence-electron chi connectivity index (χ1n) is 7.23. The first-order valence-corrected chi connectivity index (χ1v) is 7.23. The Morgan fingerprint density at radius 2 is 2.05 bits per heavy atom. The summed E-state index contributed by atoms with van der Waals surface area (Å²) in [7, 11) is 3.41. The number of nitrogens with zero attached hydrogens (tertiary/aromatic N) is 1. The van der Waals surface area contributed by atoms with Crippen molar-refractivity contribution in [2.24, 2.45) is 11.7 Å². The Bertz CT molecular complexity index is 421. The molecule has 0 bridgehead atoms. The topological polar surface area (TPSA) is 55.6 Å². The molecule has 0 aliphatic carbocycles. The minimum atomic E-state index is 0.116. The van der Waals surface area contributed by atoms with Crippen molar-refractivity contribution in [1.29, 1.82) is 0 Å². The van der Waals surface area contributed by atoms with Gasteiger partial charge in [0.15, 0.2) is 0 Å². The van der Waals surface area contributed by atoms with Crippen LogP contribution in [0.15, 0.2) is 24.3 Å². The Balaban J connectivity index is 2.62. The fourth-order valence-electron chi connectivity index (χ4n) is 2.32. The Labute approximate surface area is 121 Å². The molecule has 20 heavy (non-hydrogen) atoms. The molecule has 1 unspecified atom stereocenters. The largest absolute Gasteiger partial charge is 0.495 e. The highest BCUT2D eigenvalue weighted by Crippen LogP contribution is 2.27. The molecule has 0 saturated heterocycles. The Kier molecular flexibility index (Phi) is 7.09. The fraction of sp³-hybridized carbons (Fsp3) is 0.562. The molecule has 0 aromatic heterocycles. The van der Waals surface area contributed by atoms with Crippen LogP contribution in [0.25, 0.3) is 0 Å². The van der Waals surface area contributed by atoms with Crippen LogP contribution in [-0.2, 0) is 4.79 Å². The molecular formula is C16H26N2O2. The molecule has 1 aromatic rings. The molecule has 1 rings (SSSR count). The van der Waals surface area contributed by atoms with Gasteiger partial charge in [0.1, 0.15) is 5.75 Å². The number of rotatable bonds is 8. The highest BCUT2D eigenvalue weighted by atomic mass is 16.5. The van der Waals surface area contributed by atoms with Crippen molar-refractivity contribution in [2.45, 2.75) is 32.6 Å². The zero-order valence-electron chi connectivity index (χ0n) is 12.8. The van der Waals surface area contributed by atoms with E-state index in [0.717, 1.165) is 30.7 Å². The van der Waals surface area contributed by atoms with Gasteiger partial charge < -0.3 is 15.4 Å². The molecule has 4 nitrogen and oxygen atoms in total. The number of nitrogens with two attached hydrogens (primary N) is 1. The molecular weight excluding hydrogens is 252 g/mol. The predicted octanol–water partition coefficient (Wildman–Crippen LogP) is 2.81. The number of hydrogen-bond acceptors (Lipinski definition) is 3. The molecule has 0 aliphatic heterocycles. The highest BCUT2D eigenvalue weighted by Gasteiger charge is 2.16. The smallest absolute Gasteiger partial charge is 0.226 e. The summed E-state index contributed by atoms with van der Waals surface area (Å²) in [5, 5.41) is 0. The number of ether oxygens (including phenoxy) is 1. The van der Waals surface area contributed by atoms with Crippen LogP contribution in [0.3, 0.4) is 0 Å². The van der Waals surface area contributed by atoms with Crippen LogP contribution < -0.4 is 15.4 Å². The van der Waals surface area contributed by atoms with E-state index in [0.29, 0.717) is 18.9 Å². The van der Waals surface area contributed by atoms with E-state index in [9.17, 15) is 4.79 Å². The van der Waals surface area contributed by atoms with Gasteiger partial charge in [-0.1, -0.05) is 25.5 Å². The van der Waals surface area contributed by atoms with E-state index in [4.69, 9.17) is 10.5 Å². The Morgan fingerprint density at radius 1 is 1.35 bits per heavy atom. The summed E-state index contributed by atoms with van der Waals surface area (Å²) in [6.45, 7) is 2.84. The number of benzene rings is 1. The maximum atomic E-state index is 12.3. The first kappa shape index (κ1) is 16.5. The third-order valence-electron chi connectivity index (χ3n) is 3.74. The molecule has 112 valence electrons. The number of amides is 1. The van der Waals surface area contributed by atoms with Crippen LogP contribution in [-0.4, -0.2) is 26.6 Å². The van der Waals surface area contributed by atoms with Gasteiger partial charge in [-0.3, -0.25) is 4.79 Å². The zero-order chi connectivity index (χ0) is 15.0. The average Bonchev–Trinajstić information content (AvgIpc) is 2.50. The molecule has 0 fully saturated rings. The van der Waals surface area contributed by atoms with Gasteiger partial charge in [-0.25, -0.2) is 0 Å². The summed E-state index contributed by atoms with van der Waals surface area (Å²) in [5.74, 6) is 1.37. The molecule has 4 heteroatoms. The van der Waals surface area contributed by atoms with E-state index in [1.807, 2.05) is 24.3 Å². The van der Waals surface area contributed by atoms with Gasteiger partial charge in [-0.2, -0.15) is 0 Å². The number of anilines is 1. The maximum absolute atomic E-state index is 12.3. The lowest BCUT2D eigenvalue weighted by atomic mass is 9.96. The van der Waals surface area contributed by atoms with Crippen LogP contribution in [0, 0.1) is 5.92 Å². The Morgan fingerprint density at radius 3 is 2.65 bits per heavy atom. The average molecular weight is 278 g/mol. The standard InChI is InChI=1S/C16H26N2O2/c1-4-13(11-12-17)9-10-16(19)18(2)14-7-5-6-8-15(14)20-3/h5-8,13H,4,9-12,17H2,1-3H3. The highest BCUT2D eigenvalue weighted by molar-refractivity contribution is 5.94. The van der Waals surface area contributed by atoms with Crippen molar-refractivity contribution in [2.75, 3.05) is 25.6 Å². The van der Waals surface area contributed by atoms with E-state index >= 15 is 0 Å². The summed E-state index contributed by atoms with van der Waals surface area (Å²) >= 11 is 0. The van der Waals surface area contributed by atoms with E-state index in [2.05, 4.69) is 6.92 Å². The SMILES string of the molecule is CCC(CCN)CCC(=O)N(C)c1ccccc1OC. The summed E-state index contributed by atoms with van der Waals surface area (Å²) in [4.78, 5) is 13.9. The van der Waals surface area contributed by atoms with Crippen LogP contribution in [0.4, 0.5) is 5.69 Å². The predicted molar refractivity (Wildman–Crippen MR) is 83.1 cm³/mol. The van der Waals surface area contributed by atoms with Crippen LogP contribution >= 0.6 is 0 Å². The zero-order valence-corrected chi connectivity index (χ0v) is 12.8. The quantitative estimate of drug-likeness (QED) is 0.795. The fourth-order valence-corrected chi connectivity index (χ4v) is 2.32. The third kappa shape index (κ3) is 4.53. The van der Waals surface area contributed by atoms with Crippen molar-refractivity contribution < 1.29 is 9.53 Å². The van der Waals surface area contributed by atoms with Crippen molar-refractivity contribution >= 4 is 11.6 Å². The summed E-state index contributed by atoms with van der Waals surface area (Å²) < 4.78 is 5.29. The number of hydrogen-bond donors (Lipinski definition) is 1. The van der Waals surface area contributed by atoms with E-state index in [1.165, 1.54) is 0 Å². The van der Waals surface area contributed by atoms with Crippen LogP contribution in [0.1, 0.15) is 32.6 Å².